The Morgan fingerprint density at radius 1 is 1.03 bits per heavy atom. The summed E-state index contributed by atoms with van der Waals surface area (Å²) in [6.45, 7) is -0.0413. The number of hydrogen-bond acceptors (Lipinski definition) is 4. The van der Waals surface area contributed by atoms with Crippen molar-refractivity contribution in [1.29, 1.82) is 0 Å². The number of imide groups is 1. The van der Waals surface area contributed by atoms with Gasteiger partial charge in [0.25, 0.3) is 11.1 Å². The second-order valence-electron chi connectivity index (χ2n) is 6.75. The highest BCUT2D eigenvalue weighted by Crippen LogP contribution is 2.39. The van der Waals surface area contributed by atoms with E-state index >= 15 is 0 Å². The summed E-state index contributed by atoms with van der Waals surface area (Å²) in [6, 6.07) is 12.6. The topological polar surface area (TPSA) is 50.5 Å². The van der Waals surface area contributed by atoms with E-state index in [2.05, 4.69) is 0 Å². The van der Waals surface area contributed by atoms with Gasteiger partial charge >= 0.3 is 6.18 Å². The second-order valence-corrected chi connectivity index (χ2v) is 8.59. The van der Waals surface area contributed by atoms with E-state index in [9.17, 15) is 22.8 Å². The highest BCUT2D eigenvalue weighted by Gasteiger charge is 2.36. The molecule has 0 atom stereocenters. The molecule has 4 nitrogen and oxygen atoms in total. The maximum absolute atomic E-state index is 13.3. The molecular formula is C22H12Cl2F3NO3S. The van der Waals surface area contributed by atoms with E-state index in [4.69, 9.17) is 27.6 Å². The maximum Gasteiger partial charge on any atom is 0.417 e. The molecule has 0 radical (unpaired) electrons. The van der Waals surface area contributed by atoms with Crippen molar-refractivity contribution in [3.8, 4) is 11.3 Å². The van der Waals surface area contributed by atoms with Crippen LogP contribution in [0.1, 0.15) is 16.9 Å². The molecule has 0 unspecified atom stereocenters. The van der Waals surface area contributed by atoms with Gasteiger partial charge in [0.15, 0.2) is 0 Å². The molecular weight excluding hydrogens is 486 g/mol. The van der Waals surface area contributed by atoms with Crippen LogP contribution in [0.25, 0.3) is 17.4 Å². The van der Waals surface area contributed by atoms with Crippen LogP contribution in [0.4, 0.5) is 18.0 Å². The molecule has 0 spiro atoms. The number of hydrogen-bond donors (Lipinski definition) is 0. The lowest BCUT2D eigenvalue weighted by atomic mass is 10.1. The molecule has 1 aliphatic heterocycles. The van der Waals surface area contributed by atoms with Crippen molar-refractivity contribution in [1.82, 2.24) is 4.90 Å². The Bertz CT molecular complexity index is 1250. The molecule has 32 heavy (non-hydrogen) atoms. The maximum atomic E-state index is 13.3. The van der Waals surface area contributed by atoms with Crippen molar-refractivity contribution >= 4 is 52.2 Å². The fourth-order valence-corrected chi connectivity index (χ4v) is 4.39. The van der Waals surface area contributed by atoms with E-state index < -0.39 is 22.9 Å². The van der Waals surface area contributed by atoms with Gasteiger partial charge in [-0.2, -0.15) is 13.2 Å². The first-order valence-electron chi connectivity index (χ1n) is 9.09. The van der Waals surface area contributed by atoms with Crippen LogP contribution in [0, 0.1) is 0 Å². The zero-order chi connectivity index (χ0) is 23.0. The van der Waals surface area contributed by atoms with E-state index in [1.165, 1.54) is 42.5 Å². The molecule has 3 aromatic rings. The van der Waals surface area contributed by atoms with Gasteiger partial charge in [-0.25, -0.2) is 0 Å². The van der Waals surface area contributed by atoms with Gasteiger partial charge in [-0.3, -0.25) is 14.5 Å². The minimum absolute atomic E-state index is 0.00338. The molecule has 0 N–H and O–H groups in total. The Labute approximate surface area is 194 Å². The Morgan fingerprint density at radius 3 is 2.50 bits per heavy atom. The van der Waals surface area contributed by atoms with Gasteiger partial charge in [0.1, 0.15) is 11.5 Å². The molecule has 2 heterocycles. The summed E-state index contributed by atoms with van der Waals surface area (Å²) < 4.78 is 45.4. The molecule has 164 valence electrons. The van der Waals surface area contributed by atoms with Crippen LogP contribution in [0.3, 0.4) is 0 Å². The van der Waals surface area contributed by atoms with Crippen molar-refractivity contribution in [2.75, 3.05) is 0 Å². The molecule has 2 amide bonds. The molecule has 2 aromatic carbocycles. The summed E-state index contributed by atoms with van der Waals surface area (Å²) in [6.07, 6.45) is -3.22. The Kier molecular flexibility index (Phi) is 6.11. The molecule has 1 fully saturated rings. The second kappa shape index (κ2) is 8.69. The number of carbonyl (C=O) groups is 2. The zero-order valence-electron chi connectivity index (χ0n) is 16.0. The van der Waals surface area contributed by atoms with E-state index in [0.717, 1.165) is 11.0 Å². The number of alkyl halides is 3. The number of carbonyl (C=O) groups excluding carboxylic acids is 2. The third kappa shape index (κ3) is 4.57. The lowest BCUT2D eigenvalue weighted by Gasteiger charge is -2.13. The van der Waals surface area contributed by atoms with Gasteiger partial charge in [-0.1, -0.05) is 47.5 Å². The lowest BCUT2D eigenvalue weighted by Crippen LogP contribution is -2.27. The number of nitrogens with zero attached hydrogens (tertiary/aromatic N) is 1. The molecule has 10 heteroatoms. The summed E-state index contributed by atoms with van der Waals surface area (Å²) >= 11 is 12.7. The summed E-state index contributed by atoms with van der Waals surface area (Å²) in [7, 11) is 0. The van der Waals surface area contributed by atoms with Crippen molar-refractivity contribution in [2.45, 2.75) is 12.7 Å². The molecule has 1 aliphatic rings. The van der Waals surface area contributed by atoms with Crippen molar-refractivity contribution in [2.24, 2.45) is 0 Å². The number of benzene rings is 2. The SMILES string of the molecule is O=C1S/C(=C\c2ccc(-c3ccccc3C(F)(F)F)o2)C(=O)N1Cc1ccc(Cl)cc1Cl. The normalized spacial score (nSPS) is 15.8. The third-order valence-corrected chi connectivity index (χ3v) is 6.11. The first-order valence-corrected chi connectivity index (χ1v) is 10.7. The number of thioether (sulfide) groups is 1. The summed E-state index contributed by atoms with van der Waals surface area (Å²) in [5.41, 5.74) is -0.408. The van der Waals surface area contributed by atoms with Crippen molar-refractivity contribution in [3.63, 3.8) is 0 Å². The minimum Gasteiger partial charge on any atom is -0.457 e. The molecule has 4 rings (SSSR count). The quantitative estimate of drug-likeness (QED) is 0.350. The van der Waals surface area contributed by atoms with Gasteiger partial charge in [0.2, 0.25) is 0 Å². The highest BCUT2D eigenvalue weighted by molar-refractivity contribution is 8.18. The van der Waals surface area contributed by atoms with E-state index in [-0.39, 0.29) is 28.5 Å². The fraction of sp³-hybridized carbons (Fsp3) is 0.0909. The van der Waals surface area contributed by atoms with Crippen LogP contribution in [-0.2, 0) is 17.5 Å². The van der Waals surface area contributed by atoms with Gasteiger partial charge < -0.3 is 4.42 Å². The number of rotatable bonds is 4. The Balaban J connectivity index is 1.58. The Morgan fingerprint density at radius 2 is 1.78 bits per heavy atom. The average molecular weight is 498 g/mol. The molecule has 1 aromatic heterocycles. The first-order chi connectivity index (χ1) is 15.1. The van der Waals surface area contributed by atoms with Crippen molar-refractivity contribution in [3.05, 3.63) is 86.4 Å². The summed E-state index contributed by atoms with van der Waals surface area (Å²) in [5.74, 6) is -0.414. The smallest absolute Gasteiger partial charge is 0.417 e. The number of halogens is 5. The zero-order valence-corrected chi connectivity index (χ0v) is 18.3. The van der Waals surface area contributed by atoms with Crippen LogP contribution in [-0.4, -0.2) is 16.0 Å². The van der Waals surface area contributed by atoms with Crippen LogP contribution < -0.4 is 0 Å². The summed E-state index contributed by atoms with van der Waals surface area (Å²) in [4.78, 5) is 26.2. The fourth-order valence-electron chi connectivity index (χ4n) is 3.11. The largest absolute Gasteiger partial charge is 0.457 e. The molecule has 0 saturated carbocycles. The number of amides is 2. The van der Waals surface area contributed by atoms with E-state index in [1.54, 1.807) is 12.1 Å². The van der Waals surface area contributed by atoms with Crippen LogP contribution in [0.2, 0.25) is 10.0 Å². The van der Waals surface area contributed by atoms with Crippen LogP contribution in [0.15, 0.2) is 63.9 Å². The van der Waals surface area contributed by atoms with Crippen LogP contribution in [0.5, 0.6) is 0 Å². The third-order valence-electron chi connectivity index (χ3n) is 4.62. The van der Waals surface area contributed by atoms with E-state index in [0.29, 0.717) is 27.4 Å². The number of furan rings is 1. The monoisotopic (exact) mass is 497 g/mol. The predicted octanol–water partition coefficient (Wildman–Crippen LogP) is 7.51. The summed E-state index contributed by atoms with van der Waals surface area (Å²) in [5, 5.41) is 0.245. The lowest BCUT2D eigenvalue weighted by molar-refractivity contribution is -0.137. The van der Waals surface area contributed by atoms with Gasteiger partial charge in [0, 0.05) is 21.7 Å². The Hall–Kier alpha value is -2.68. The van der Waals surface area contributed by atoms with Gasteiger partial charge in [0.05, 0.1) is 17.0 Å². The molecule has 1 saturated heterocycles. The van der Waals surface area contributed by atoms with Gasteiger partial charge in [-0.15, -0.1) is 0 Å². The predicted molar refractivity (Wildman–Crippen MR) is 117 cm³/mol. The average Bonchev–Trinajstić information content (AvgIpc) is 3.29. The highest BCUT2D eigenvalue weighted by atomic mass is 35.5. The van der Waals surface area contributed by atoms with E-state index in [1.807, 2.05) is 0 Å². The molecule has 0 aliphatic carbocycles. The molecule has 0 bridgehead atoms. The van der Waals surface area contributed by atoms with Crippen LogP contribution >= 0.6 is 35.0 Å². The van der Waals surface area contributed by atoms with Gasteiger partial charge in [-0.05, 0) is 47.7 Å². The first kappa shape index (κ1) is 22.5. The van der Waals surface area contributed by atoms with Crippen molar-refractivity contribution < 1.29 is 27.2 Å². The minimum atomic E-state index is -4.55. The standard InChI is InChI=1S/C22H12Cl2F3NO3S/c23-13-6-5-12(17(24)9-13)11-28-20(29)19(32-21(28)30)10-14-7-8-18(31-14)15-3-1-2-4-16(15)22(25,26)27/h1-10H,11H2/b19-10-.